The standard InChI is InChI=1S/C13H21N/c1-3-13(14,4-2)11-10-12-8-6-5-7-9-12/h5-9H,3-4,10-11,14H2,1-2H3. The molecule has 0 amide bonds. The van der Waals surface area contributed by atoms with Gasteiger partial charge in [0, 0.05) is 5.54 Å². The Balaban J connectivity index is 2.48. The minimum atomic E-state index is 0.0375. The fourth-order valence-corrected chi connectivity index (χ4v) is 1.64. The highest BCUT2D eigenvalue weighted by Gasteiger charge is 2.19. The first-order valence-corrected chi connectivity index (χ1v) is 5.53. The van der Waals surface area contributed by atoms with Crippen LogP contribution in [0, 0.1) is 0 Å². The van der Waals surface area contributed by atoms with Crippen LogP contribution in [0.5, 0.6) is 0 Å². The number of hydrogen-bond donors (Lipinski definition) is 1. The average Bonchev–Trinajstić information content (AvgIpc) is 2.27. The third-order valence-corrected chi connectivity index (χ3v) is 3.16. The predicted molar refractivity (Wildman–Crippen MR) is 62.3 cm³/mol. The molecular formula is C13H21N. The van der Waals surface area contributed by atoms with Crippen LogP contribution >= 0.6 is 0 Å². The minimum absolute atomic E-state index is 0.0375. The van der Waals surface area contributed by atoms with E-state index in [2.05, 4.69) is 44.2 Å². The third-order valence-electron chi connectivity index (χ3n) is 3.16. The molecule has 1 rings (SSSR count). The largest absolute Gasteiger partial charge is 0.325 e. The number of rotatable bonds is 5. The van der Waals surface area contributed by atoms with Crippen LogP contribution in [0.4, 0.5) is 0 Å². The van der Waals surface area contributed by atoms with Crippen LogP contribution in [0.1, 0.15) is 38.7 Å². The summed E-state index contributed by atoms with van der Waals surface area (Å²) in [4.78, 5) is 0. The van der Waals surface area contributed by atoms with E-state index in [0.29, 0.717) is 0 Å². The molecule has 0 heterocycles. The molecule has 14 heavy (non-hydrogen) atoms. The van der Waals surface area contributed by atoms with Crippen molar-refractivity contribution in [3.8, 4) is 0 Å². The van der Waals surface area contributed by atoms with E-state index in [0.717, 1.165) is 25.7 Å². The molecule has 0 unspecified atom stereocenters. The van der Waals surface area contributed by atoms with Gasteiger partial charge in [-0.25, -0.2) is 0 Å². The fraction of sp³-hybridized carbons (Fsp3) is 0.538. The molecule has 78 valence electrons. The van der Waals surface area contributed by atoms with E-state index in [-0.39, 0.29) is 5.54 Å². The Bertz CT molecular complexity index is 249. The summed E-state index contributed by atoms with van der Waals surface area (Å²) in [7, 11) is 0. The summed E-state index contributed by atoms with van der Waals surface area (Å²) < 4.78 is 0. The first-order chi connectivity index (χ1) is 6.70. The predicted octanol–water partition coefficient (Wildman–Crippen LogP) is 3.14. The maximum absolute atomic E-state index is 6.24. The van der Waals surface area contributed by atoms with E-state index in [9.17, 15) is 0 Å². The van der Waals surface area contributed by atoms with Crippen molar-refractivity contribution in [2.75, 3.05) is 0 Å². The Morgan fingerprint density at radius 1 is 1.07 bits per heavy atom. The van der Waals surface area contributed by atoms with Crippen molar-refractivity contribution in [3.63, 3.8) is 0 Å². The van der Waals surface area contributed by atoms with Gasteiger partial charge in [-0.3, -0.25) is 0 Å². The van der Waals surface area contributed by atoms with Gasteiger partial charge in [0.25, 0.3) is 0 Å². The third kappa shape index (κ3) is 3.15. The molecule has 1 nitrogen and oxygen atoms in total. The Morgan fingerprint density at radius 3 is 2.14 bits per heavy atom. The van der Waals surface area contributed by atoms with Crippen molar-refractivity contribution in [3.05, 3.63) is 35.9 Å². The molecule has 0 fully saturated rings. The summed E-state index contributed by atoms with van der Waals surface area (Å²) in [5, 5.41) is 0. The summed E-state index contributed by atoms with van der Waals surface area (Å²) in [6.45, 7) is 4.35. The highest BCUT2D eigenvalue weighted by molar-refractivity contribution is 5.15. The van der Waals surface area contributed by atoms with E-state index in [1.165, 1.54) is 5.56 Å². The van der Waals surface area contributed by atoms with E-state index < -0.39 is 0 Å². The lowest BCUT2D eigenvalue weighted by molar-refractivity contribution is 0.367. The summed E-state index contributed by atoms with van der Waals surface area (Å²) in [6.07, 6.45) is 4.32. The zero-order chi connectivity index (χ0) is 10.4. The summed E-state index contributed by atoms with van der Waals surface area (Å²) in [5.74, 6) is 0. The molecule has 1 heteroatoms. The van der Waals surface area contributed by atoms with Crippen LogP contribution in [0.2, 0.25) is 0 Å². The van der Waals surface area contributed by atoms with Crippen LogP contribution in [0.15, 0.2) is 30.3 Å². The molecule has 0 spiro atoms. The van der Waals surface area contributed by atoms with Crippen LogP contribution < -0.4 is 5.73 Å². The van der Waals surface area contributed by atoms with Gasteiger partial charge in [0.15, 0.2) is 0 Å². The number of aryl methyl sites for hydroxylation is 1. The molecule has 0 aromatic heterocycles. The molecule has 1 aromatic rings. The molecule has 0 aliphatic heterocycles. The first-order valence-electron chi connectivity index (χ1n) is 5.53. The summed E-state index contributed by atoms with van der Waals surface area (Å²) in [6, 6.07) is 10.6. The monoisotopic (exact) mass is 191 g/mol. The smallest absolute Gasteiger partial charge is 0.0152 e. The molecule has 1 aromatic carbocycles. The normalized spacial score (nSPS) is 11.6. The van der Waals surface area contributed by atoms with Gasteiger partial charge in [-0.1, -0.05) is 44.2 Å². The maximum Gasteiger partial charge on any atom is 0.0152 e. The second-order valence-corrected chi connectivity index (χ2v) is 4.06. The Morgan fingerprint density at radius 2 is 1.64 bits per heavy atom. The number of benzene rings is 1. The zero-order valence-corrected chi connectivity index (χ0v) is 9.29. The van der Waals surface area contributed by atoms with Crippen LogP contribution in [0.25, 0.3) is 0 Å². The Hall–Kier alpha value is -0.820. The molecule has 0 saturated heterocycles. The minimum Gasteiger partial charge on any atom is -0.325 e. The topological polar surface area (TPSA) is 26.0 Å². The van der Waals surface area contributed by atoms with Gasteiger partial charge >= 0.3 is 0 Å². The lowest BCUT2D eigenvalue weighted by Crippen LogP contribution is -2.38. The first kappa shape index (κ1) is 11.3. The van der Waals surface area contributed by atoms with Gasteiger partial charge in [-0.2, -0.15) is 0 Å². The SMILES string of the molecule is CCC(N)(CC)CCc1ccccc1. The Labute approximate surface area is 87.3 Å². The quantitative estimate of drug-likeness (QED) is 0.760. The fourth-order valence-electron chi connectivity index (χ4n) is 1.64. The van der Waals surface area contributed by atoms with E-state index >= 15 is 0 Å². The summed E-state index contributed by atoms with van der Waals surface area (Å²) >= 11 is 0. The molecule has 2 N–H and O–H groups in total. The maximum atomic E-state index is 6.24. The van der Waals surface area contributed by atoms with Crippen LogP contribution in [0.3, 0.4) is 0 Å². The molecule has 0 aliphatic carbocycles. The van der Waals surface area contributed by atoms with E-state index in [4.69, 9.17) is 5.73 Å². The van der Waals surface area contributed by atoms with Crippen molar-refractivity contribution < 1.29 is 0 Å². The molecule has 0 bridgehead atoms. The lowest BCUT2D eigenvalue weighted by Gasteiger charge is -2.26. The van der Waals surface area contributed by atoms with Crippen molar-refractivity contribution in [2.24, 2.45) is 5.73 Å². The highest BCUT2D eigenvalue weighted by Crippen LogP contribution is 2.18. The highest BCUT2D eigenvalue weighted by atomic mass is 14.7. The van der Waals surface area contributed by atoms with Gasteiger partial charge in [0.05, 0.1) is 0 Å². The second kappa shape index (κ2) is 5.16. The van der Waals surface area contributed by atoms with Crippen molar-refractivity contribution in [1.29, 1.82) is 0 Å². The molecular weight excluding hydrogens is 170 g/mol. The second-order valence-electron chi connectivity index (χ2n) is 4.06. The van der Waals surface area contributed by atoms with Crippen molar-refractivity contribution >= 4 is 0 Å². The number of hydrogen-bond acceptors (Lipinski definition) is 1. The zero-order valence-electron chi connectivity index (χ0n) is 9.29. The molecule has 0 saturated carbocycles. The molecule has 0 radical (unpaired) electrons. The van der Waals surface area contributed by atoms with Gasteiger partial charge < -0.3 is 5.73 Å². The van der Waals surface area contributed by atoms with Gasteiger partial charge in [-0.15, -0.1) is 0 Å². The molecule has 0 aliphatic rings. The number of nitrogens with two attached hydrogens (primary N) is 1. The van der Waals surface area contributed by atoms with Gasteiger partial charge in [-0.05, 0) is 31.2 Å². The van der Waals surface area contributed by atoms with Crippen molar-refractivity contribution in [2.45, 2.75) is 45.1 Å². The van der Waals surface area contributed by atoms with Crippen LogP contribution in [-0.2, 0) is 6.42 Å². The van der Waals surface area contributed by atoms with Gasteiger partial charge in [0.1, 0.15) is 0 Å². The van der Waals surface area contributed by atoms with Crippen LogP contribution in [-0.4, -0.2) is 5.54 Å². The van der Waals surface area contributed by atoms with E-state index in [1.807, 2.05) is 0 Å². The molecule has 0 atom stereocenters. The van der Waals surface area contributed by atoms with Crippen molar-refractivity contribution in [1.82, 2.24) is 0 Å². The van der Waals surface area contributed by atoms with E-state index in [1.54, 1.807) is 0 Å². The lowest BCUT2D eigenvalue weighted by atomic mass is 9.87. The Kier molecular flexibility index (Phi) is 4.15. The van der Waals surface area contributed by atoms with Gasteiger partial charge in [0.2, 0.25) is 0 Å². The summed E-state index contributed by atoms with van der Waals surface area (Å²) in [5.41, 5.74) is 7.67. The average molecular weight is 191 g/mol.